The highest BCUT2D eigenvalue weighted by Crippen LogP contribution is 2.36. The summed E-state index contributed by atoms with van der Waals surface area (Å²) >= 11 is 0. The van der Waals surface area contributed by atoms with Gasteiger partial charge in [-0.05, 0) is 17.5 Å². The van der Waals surface area contributed by atoms with Gasteiger partial charge in [-0.25, -0.2) is 0 Å². The van der Waals surface area contributed by atoms with Crippen molar-refractivity contribution in [2.75, 3.05) is 0 Å². The number of rotatable bonds is 2. The molecule has 1 rings (SSSR count). The molecule has 0 aromatic heterocycles. The molecule has 0 unspecified atom stereocenters. The van der Waals surface area contributed by atoms with Crippen LogP contribution in [0.3, 0.4) is 0 Å². The molecule has 0 fully saturated rings. The summed E-state index contributed by atoms with van der Waals surface area (Å²) in [5.41, 5.74) is 5.96. The summed E-state index contributed by atoms with van der Waals surface area (Å²) in [6.07, 6.45) is 0. The van der Waals surface area contributed by atoms with Crippen LogP contribution in [0, 0.1) is 15.5 Å². The topological polar surface area (TPSA) is 89.4 Å². The first-order chi connectivity index (χ1) is 7.23. The van der Waals surface area contributed by atoms with Crippen molar-refractivity contribution in [1.29, 1.82) is 0 Å². The summed E-state index contributed by atoms with van der Waals surface area (Å²) in [4.78, 5) is 10.3. The van der Waals surface area contributed by atoms with Gasteiger partial charge < -0.3 is 10.8 Å². The maximum Gasteiger partial charge on any atom is 0.274 e. The molecule has 0 heterocycles. The molecule has 1 aromatic carbocycles. The van der Waals surface area contributed by atoms with Gasteiger partial charge in [-0.3, -0.25) is 10.1 Å². The van der Waals surface area contributed by atoms with Gasteiger partial charge in [0.05, 0.1) is 10.5 Å². The Balaban J connectivity index is 0.00000256. The van der Waals surface area contributed by atoms with E-state index in [1.165, 1.54) is 18.2 Å². The van der Waals surface area contributed by atoms with E-state index in [4.69, 9.17) is 5.73 Å². The average Bonchev–Trinajstić information content (AvgIpc) is 2.14. The molecule has 3 N–H and O–H groups in total. The largest absolute Gasteiger partial charge is 0.508 e. The van der Waals surface area contributed by atoms with E-state index in [-0.39, 0.29) is 29.3 Å². The molecule has 0 saturated carbocycles. The number of nitrogens with zero attached hydrogens (tertiary/aromatic N) is 1. The summed E-state index contributed by atoms with van der Waals surface area (Å²) < 4.78 is 0. The number of nitro groups is 1. The zero-order valence-corrected chi connectivity index (χ0v) is 10.8. The number of nitro benzene ring substituents is 1. The Bertz CT molecular complexity index is 416. The minimum absolute atomic E-state index is 0. The Morgan fingerprint density at radius 2 is 1.94 bits per heavy atom. The molecule has 0 aliphatic carbocycles. The average molecular weight is 261 g/mol. The van der Waals surface area contributed by atoms with E-state index in [0.29, 0.717) is 5.56 Å². The van der Waals surface area contributed by atoms with Crippen molar-refractivity contribution in [3.63, 3.8) is 0 Å². The molecule has 0 spiro atoms. The number of aromatic hydroxyl groups is 1. The molecule has 0 aliphatic rings. The molecule has 1 atom stereocenters. The minimum Gasteiger partial charge on any atom is -0.508 e. The lowest BCUT2D eigenvalue weighted by Gasteiger charge is -2.27. The second kappa shape index (κ2) is 5.33. The summed E-state index contributed by atoms with van der Waals surface area (Å²) in [5.74, 6) is -0.0136. The monoisotopic (exact) mass is 260 g/mol. The van der Waals surface area contributed by atoms with E-state index in [9.17, 15) is 15.2 Å². The number of halogens is 1. The summed E-state index contributed by atoms with van der Waals surface area (Å²) in [5, 5.41) is 20.2. The second-order valence-electron chi connectivity index (χ2n) is 4.84. The molecule has 1 aromatic rings. The maximum absolute atomic E-state index is 10.8. The Hall–Kier alpha value is -1.33. The van der Waals surface area contributed by atoms with Crippen LogP contribution in [0.1, 0.15) is 32.4 Å². The first-order valence-corrected chi connectivity index (χ1v) is 4.96. The van der Waals surface area contributed by atoms with Crippen molar-refractivity contribution in [2.24, 2.45) is 11.1 Å². The van der Waals surface area contributed by atoms with Gasteiger partial charge in [0.1, 0.15) is 5.75 Å². The highest BCUT2D eigenvalue weighted by Gasteiger charge is 2.28. The zero-order chi connectivity index (χ0) is 12.5. The molecule has 96 valence electrons. The van der Waals surface area contributed by atoms with Crippen LogP contribution in [0.15, 0.2) is 18.2 Å². The van der Waals surface area contributed by atoms with Gasteiger partial charge in [0.2, 0.25) is 0 Å². The second-order valence-corrected chi connectivity index (χ2v) is 4.84. The lowest BCUT2D eigenvalue weighted by molar-refractivity contribution is -0.385. The standard InChI is InChI=1S/C11H16N2O3.ClH/c1-11(2,3)10(12)8-6-7(14)4-5-9(8)13(15)16;/h4-6,10,14H,12H2,1-3H3;1H/t10-;/m0./s1. The van der Waals surface area contributed by atoms with Crippen LogP contribution in [-0.2, 0) is 0 Å². The molecule has 0 amide bonds. The van der Waals surface area contributed by atoms with Gasteiger partial charge in [-0.15, -0.1) is 12.4 Å². The van der Waals surface area contributed by atoms with E-state index >= 15 is 0 Å². The Morgan fingerprint density at radius 3 is 2.35 bits per heavy atom. The van der Waals surface area contributed by atoms with Gasteiger partial charge in [0, 0.05) is 12.1 Å². The fraction of sp³-hybridized carbons (Fsp3) is 0.455. The fourth-order valence-electron chi connectivity index (χ4n) is 1.42. The van der Waals surface area contributed by atoms with Crippen molar-refractivity contribution in [3.8, 4) is 5.75 Å². The van der Waals surface area contributed by atoms with Crippen LogP contribution in [-0.4, -0.2) is 10.0 Å². The van der Waals surface area contributed by atoms with Crippen LogP contribution in [0.5, 0.6) is 5.75 Å². The van der Waals surface area contributed by atoms with Crippen molar-refractivity contribution >= 4 is 18.1 Å². The molecule has 0 aliphatic heterocycles. The first-order valence-electron chi connectivity index (χ1n) is 4.96. The van der Waals surface area contributed by atoms with Gasteiger partial charge in [0.25, 0.3) is 5.69 Å². The quantitative estimate of drug-likeness (QED) is 0.632. The van der Waals surface area contributed by atoms with Crippen LogP contribution in [0.2, 0.25) is 0 Å². The SMILES string of the molecule is CC(C)(C)[C@@H](N)c1cc(O)ccc1[N+](=O)[O-].Cl. The molecule has 0 saturated heterocycles. The Morgan fingerprint density at radius 1 is 1.41 bits per heavy atom. The normalized spacial score (nSPS) is 12.7. The van der Waals surface area contributed by atoms with Crippen LogP contribution >= 0.6 is 12.4 Å². The third-order valence-corrected chi connectivity index (χ3v) is 2.48. The number of hydrogen-bond donors (Lipinski definition) is 2. The summed E-state index contributed by atoms with van der Waals surface area (Å²) in [6, 6.07) is 3.42. The number of benzene rings is 1. The van der Waals surface area contributed by atoms with E-state index in [1.807, 2.05) is 20.8 Å². The third-order valence-electron chi connectivity index (χ3n) is 2.48. The highest BCUT2D eigenvalue weighted by atomic mass is 35.5. The van der Waals surface area contributed by atoms with Gasteiger partial charge >= 0.3 is 0 Å². The number of phenols is 1. The van der Waals surface area contributed by atoms with E-state index in [0.717, 1.165) is 0 Å². The van der Waals surface area contributed by atoms with Gasteiger partial charge in [-0.2, -0.15) is 0 Å². The minimum atomic E-state index is -0.500. The smallest absolute Gasteiger partial charge is 0.274 e. The van der Waals surface area contributed by atoms with Crippen LogP contribution in [0.4, 0.5) is 5.69 Å². The van der Waals surface area contributed by atoms with Crippen LogP contribution in [0.25, 0.3) is 0 Å². The van der Waals surface area contributed by atoms with E-state index < -0.39 is 11.0 Å². The molecular formula is C11H17ClN2O3. The predicted molar refractivity (Wildman–Crippen MR) is 68.4 cm³/mol. The Kier molecular flexibility index (Phi) is 4.92. The fourth-order valence-corrected chi connectivity index (χ4v) is 1.42. The molecular weight excluding hydrogens is 244 g/mol. The highest BCUT2D eigenvalue weighted by molar-refractivity contribution is 5.85. The van der Waals surface area contributed by atoms with Crippen LogP contribution < -0.4 is 5.73 Å². The summed E-state index contributed by atoms with van der Waals surface area (Å²) in [7, 11) is 0. The number of phenolic OH excluding ortho intramolecular Hbond substituents is 1. The maximum atomic E-state index is 10.8. The summed E-state index contributed by atoms with van der Waals surface area (Å²) in [6.45, 7) is 5.68. The van der Waals surface area contributed by atoms with Gasteiger partial charge in [-0.1, -0.05) is 20.8 Å². The predicted octanol–water partition coefficient (Wildman–Crippen LogP) is 2.77. The van der Waals surface area contributed by atoms with E-state index in [2.05, 4.69) is 0 Å². The third kappa shape index (κ3) is 3.57. The lowest BCUT2D eigenvalue weighted by atomic mass is 9.82. The molecule has 6 heteroatoms. The number of nitrogens with two attached hydrogens (primary N) is 1. The number of hydrogen-bond acceptors (Lipinski definition) is 4. The molecule has 0 bridgehead atoms. The van der Waals surface area contributed by atoms with E-state index in [1.54, 1.807) is 0 Å². The Labute approximate surface area is 106 Å². The lowest BCUT2D eigenvalue weighted by Crippen LogP contribution is -2.26. The van der Waals surface area contributed by atoms with Crippen molar-refractivity contribution in [3.05, 3.63) is 33.9 Å². The first kappa shape index (κ1) is 15.7. The van der Waals surface area contributed by atoms with Crippen molar-refractivity contribution in [1.82, 2.24) is 0 Å². The molecule has 5 nitrogen and oxygen atoms in total. The van der Waals surface area contributed by atoms with Gasteiger partial charge in [0.15, 0.2) is 0 Å². The van der Waals surface area contributed by atoms with Crippen molar-refractivity contribution < 1.29 is 10.0 Å². The van der Waals surface area contributed by atoms with Crippen molar-refractivity contribution in [2.45, 2.75) is 26.8 Å². The molecule has 0 radical (unpaired) electrons. The molecule has 17 heavy (non-hydrogen) atoms. The zero-order valence-electron chi connectivity index (χ0n) is 10.0.